The van der Waals surface area contributed by atoms with Crippen molar-refractivity contribution in [3.05, 3.63) is 22.2 Å². The molecule has 1 aliphatic rings. The maximum absolute atomic E-state index is 12.5. The van der Waals surface area contributed by atoms with Crippen molar-refractivity contribution in [1.29, 1.82) is 0 Å². The number of ether oxygens (including phenoxy) is 2. The highest BCUT2D eigenvalue weighted by atomic mass is 33.1. The predicted molar refractivity (Wildman–Crippen MR) is 143 cm³/mol. The van der Waals surface area contributed by atoms with Crippen molar-refractivity contribution in [2.24, 2.45) is 0 Å². The third kappa shape index (κ3) is 12.4. The van der Waals surface area contributed by atoms with Gasteiger partial charge >= 0.3 is 29.2 Å². The molecule has 3 unspecified atom stereocenters. The monoisotopic (exact) mass is 653 g/mol. The number of nitrogens with zero attached hydrogens (tertiary/aromatic N) is 2. The fourth-order valence-electron chi connectivity index (χ4n) is 2.95. The third-order valence-electron chi connectivity index (χ3n) is 4.33. The zero-order valence-electron chi connectivity index (χ0n) is 21.2. The van der Waals surface area contributed by atoms with Crippen molar-refractivity contribution in [3.8, 4) is 11.8 Å². The topological polar surface area (TPSA) is 239 Å². The lowest BCUT2D eigenvalue weighted by atomic mass is 10.2. The Morgan fingerprint density at radius 2 is 1.87 bits per heavy atom. The van der Waals surface area contributed by atoms with E-state index in [1.165, 1.54) is 17.0 Å². The van der Waals surface area contributed by atoms with E-state index in [1.54, 1.807) is 10.8 Å². The molecule has 1 aromatic heterocycles. The summed E-state index contributed by atoms with van der Waals surface area (Å²) in [5.41, 5.74) is 5.33. The first-order chi connectivity index (χ1) is 17.8. The molecule has 0 saturated carbocycles. The third-order valence-corrected chi connectivity index (χ3v) is 11.1. The molecule has 0 aromatic carbocycles. The minimum Gasteiger partial charge on any atom is -0.382 e. The molecule has 0 aliphatic carbocycles. The lowest BCUT2D eigenvalue weighted by Crippen LogP contribution is -2.29. The molecule has 0 radical (unpaired) electrons. The summed E-state index contributed by atoms with van der Waals surface area (Å²) in [5.74, 6) is 5.72. The first-order valence-electron chi connectivity index (χ1n) is 11.0. The van der Waals surface area contributed by atoms with E-state index < -0.39 is 54.2 Å². The smallest absolute Gasteiger partial charge is 0.382 e. The first-order valence-corrected chi connectivity index (χ1v) is 17.9. The molecule has 0 bridgehead atoms. The van der Waals surface area contributed by atoms with Crippen LogP contribution in [0.25, 0.3) is 0 Å². The highest BCUT2D eigenvalue weighted by Gasteiger charge is 2.43. The Bertz CT molecular complexity index is 1270. The number of phosphoric ester groups is 1. The van der Waals surface area contributed by atoms with Crippen molar-refractivity contribution < 1.29 is 55.9 Å². The van der Waals surface area contributed by atoms with Crippen molar-refractivity contribution in [2.45, 2.75) is 63.7 Å². The van der Waals surface area contributed by atoms with Gasteiger partial charge in [-0.05, 0) is 0 Å². The average molecular weight is 654 g/mol. The SMILES string of the molecule is CCC#Cc1cn([C@H]2CC(OCSSC(C)(C)C)[C@@H](COP(=O)(O)OP(=O)(O)OP(=O)(O)O)O2)c(=O)nc1N. The summed E-state index contributed by atoms with van der Waals surface area (Å²) in [7, 11) is -13.7. The minimum absolute atomic E-state index is 0.0668. The summed E-state index contributed by atoms with van der Waals surface area (Å²) in [6.45, 7) is 7.09. The predicted octanol–water partition coefficient (Wildman–Crippen LogP) is 2.74. The normalized spacial score (nSPS) is 23.0. The summed E-state index contributed by atoms with van der Waals surface area (Å²) in [6.07, 6.45) is -0.921. The molecule has 1 aromatic rings. The van der Waals surface area contributed by atoms with Gasteiger partial charge in [-0.3, -0.25) is 9.09 Å². The molecule has 1 fully saturated rings. The van der Waals surface area contributed by atoms with Gasteiger partial charge in [0.1, 0.15) is 24.1 Å². The van der Waals surface area contributed by atoms with Crippen LogP contribution in [-0.2, 0) is 36.3 Å². The number of rotatable bonds is 12. The number of hydrogen-bond donors (Lipinski definition) is 5. The van der Waals surface area contributed by atoms with Crippen LogP contribution < -0.4 is 11.4 Å². The van der Waals surface area contributed by atoms with Crippen LogP contribution in [0, 0.1) is 11.8 Å². The number of nitrogen functional groups attached to an aromatic ring is 1. The second-order valence-corrected chi connectivity index (χ2v) is 16.3. The maximum atomic E-state index is 12.5. The quantitative estimate of drug-likeness (QED) is 0.0716. The van der Waals surface area contributed by atoms with Gasteiger partial charge in [-0.2, -0.15) is 13.6 Å². The lowest BCUT2D eigenvalue weighted by Gasteiger charge is -2.22. The number of nitrogens with two attached hydrogens (primary N) is 1. The highest BCUT2D eigenvalue weighted by molar-refractivity contribution is 8.77. The van der Waals surface area contributed by atoms with E-state index in [0.29, 0.717) is 6.42 Å². The molecule has 6 N–H and O–H groups in total. The zero-order chi connectivity index (χ0) is 29.6. The number of hydrogen-bond acceptors (Lipinski definition) is 13. The molecular formula is C18H30N3O13P3S2. The van der Waals surface area contributed by atoms with Crippen molar-refractivity contribution >= 4 is 50.9 Å². The van der Waals surface area contributed by atoms with Crippen molar-refractivity contribution in [1.82, 2.24) is 9.55 Å². The Kier molecular flexibility index (Phi) is 12.3. The van der Waals surface area contributed by atoms with Crippen LogP contribution in [0.15, 0.2) is 11.0 Å². The Morgan fingerprint density at radius 1 is 1.21 bits per heavy atom. The van der Waals surface area contributed by atoms with Crippen LogP contribution >= 0.6 is 45.1 Å². The highest BCUT2D eigenvalue weighted by Crippen LogP contribution is 2.66. The average Bonchev–Trinajstić information content (AvgIpc) is 3.14. The van der Waals surface area contributed by atoms with Gasteiger partial charge < -0.3 is 34.8 Å². The van der Waals surface area contributed by atoms with E-state index in [0.717, 1.165) is 4.57 Å². The number of aromatic nitrogens is 2. The largest absolute Gasteiger partial charge is 0.490 e. The van der Waals surface area contributed by atoms with Gasteiger partial charge in [0.25, 0.3) is 0 Å². The van der Waals surface area contributed by atoms with Gasteiger partial charge in [-0.25, -0.2) is 18.5 Å². The standard InChI is InChI=1S/C18H30N3O13P3S2/c1-5-6-7-12-9-21(17(22)20-16(12)19)15-8-13(30-11-38-39-18(2,3)4)14(32-15)10-31-36(26,27)34-37(28,29)33-35(23,24)25/h9,13-15H,5,8,10-11H2,1-4H3,(H,26,27)(H,28,29)(H2,19,20,22)(H2,23,24,25)/t13?,14-,15-/m1/s1. The van der Waals surface area contributed by atoms with Crippen LogP contribution in [0.4, 0.5) is 5.82 Å². The maximum Gasteiger partial charge on any atom is 0.490 e. The van der Waals surface area contributed by atoms with Crippen molar-refractivity contribution in [3.63, 3.8) is 0 Å². The molecule has 0 amide bonds. The zero-order valence-corrected chi connectivity index (χ0v) is 25.5. The van der Waals surface area contributed by atoms with Gasteiger partial charge in [0.2, 0.25) is 0 Å². The van der Waals surface area contributed by atoms with E-state index in [4.69, 9.17) is 29.5 Å². The fourth-order valence-corrected chi connectivity index (χ4v) is 7.98. The molecule has 222 valence electrons. The number of anilines is 1. The summed E-state index contributed by atoms with van der Waals surface area (Å²) in [6, 6.07) is 0. The van der Waals surface area contributed by atoms with Crippen LogP contribution in [-0.4, -0.2) is 58.6 Å². The molecule has 39 heavy (non-hydrogen) atoms. The molecular weight excluding hydrogens is 623 g/mol. The first kappa shape index (κ1) is 34.5. The van der Waals surface area contributed by atoms with E-state index in [-0.39, 0.29) is 28.5 Å². The Hall–Kier alpha value is -0.730. The minimum atomic E-state index is -5.69. The van der Waals surface area contributed by atoms with E-state index in [9.17, 15) is 28.3 Å². The summed E-state index contributed by atoms with van der Waals surface area (Å²) in [5, 5.41) is 0. The van der Waals surface area contributed by atoms with Gasteiger partial charge in [-0.15, -0.1) is 0 Å². The van der Waals surface area contributed by atoms with E-state index in [2.05, 4.69) is 25.4 Å². The van der Waals surface area contributed by atoms with Gasteiger partial charge in [0, 0.05) is 23.8 Å². The van der Waals surface area contributed by atoms with Crippen LogP contribution in [0.5, 0.6) is 0 Å². The lowest BCUT2D eigenvalue weighted by molar-refractivity contribution is -0.0543. The number of phosphoric acid groups is 3. The van der Waals surface area contributed by atoms with Crippen molar-refractivity contribution in [2.75, 3.05) is 18.3 Å². The Balaban J connectivity index is 2.21. The molecule has 2 heterocycles. The molecule has 2 rings (SSSR count). The summed E-state index contributed by atoms with van der Waals surface area (Å²) >= 11 is 0. The van der Waals surface area contributed by atoms with Crippen LogP contribution in [0.3, 0.4) is 0 Å². The summed E-state index contributed by atoms with van der Waals surface area (Å²) < 4.78 is 59.5. The van der Waals surface area contributed by atoms with Crippen LogP contribution in [0.1, 0.15) is 52.3 Å². The molecule has 0 spiro atoms. The summed E-state index contributed by atoms with van der Waals surface area (Å²) in [4.78, 5) is 52.8. The van der Waals surface area contributed by atoms with Gasteiger partial charge in [-0.1, -0.05) is 61.1 Å². The molecule has 16 nitrogen and oxygen atoms in total. The van der Waals surface area contributed by atoms with E-state index in [1.807, 2.05) is 27.7 Å². The molecule has 1 saturated heterocycles. The molecule has 5 atom stereocenters. The second-order valence-electron chi connectivity index (χ2n) is 8.77. The molecule has 1 aliphatic heterocycles. The molecule has 21 heteroatoms. The van der Waals surface area contributed by atoms with E-state index >= 15 is 0 Å². The van der Waals surface area contributed by atoms with Gasteiger partial charge in [0.15, 0.2) is 0 Å². The Morgan fingerprint density at radius 3 is 2.46 bits per heavy atom. The van der Waals surface area contributed by atoms with Gasteiger partial charge in [0.05, 0.1) is 18.3 Å². The Labute approximate surface area is 232 Å². The van der Waals surface area contributed by atoms with Crippen LogP contribution in [0.2, 0.25) is 0 Å². The second kappa shape index (κ2) is 14.0. The fraction of sp³-hybridized carbons (Fsp3) is 0.667.